The van der Waals surface area contributed by atoms with Crippen molar-refractivity contribution in [1.29, 1.82) is 0 Å². The molecule has 0 aliphatic rings. The van der Waals surface area contributed by atoms with Gasteiger partial charge in [0.2, 0.25) is 5.95 Å². The minimum Gasteiger partial charge on any atom is -0.462 e. The molecule has 6 heteroatoms. The van der Waals surface area contributed by atoms with Gasteiger partial charge in [-0.25, -0.2) is 14.8 Å². The van der Waals surface area contributed by atoms with E-state index in [4.69, 9.17) is 4.74 Å². The molecule has 0 aromatic carbocycles. The molecule has 20 heavy (non-hydrogen) atoms. The predicted octanol–water partition coefficient (Wildman–Crippen LogP) is 1.78. The number of carbonyl (C=O) groups is 1. The van der Waals surface area contributed by atoms with Crippen LogP contribution < -0.4 is 5.32 Å². The molecule has 1 aromatic rings. The fourth-order valence-electron chi connectivity index (χ4n) is 1.88. The van der Waals surface area contributed by atoms with Crippen molar-refractivity contribution < 1.29 is 14.6 Å². The zero-order valence-corrected chi connectivity index (χ0v) is 12.5. The minimum absolute atomic E-state index is 0.0141. The van der Waals surface area contributed by atoms with E-state index in [2.05, 4.69) is 29.1 Å². The van der Waals surface area contributed by atoms with Gasteiger partial charge in [-0.15, -0.1) is 0 Å². The number of hydrogen-bond acceptors (Lipinski definition) is 6. The number of nitrogens with one attached hydrogen (secondary N) is 1. The molecule has 0 aliphatic carbocycles. The van der Waals surface area contributed by atoms with Gasteiger partial charge in [0, 0.05) is 6.20 Å². The smallest absolute Gasteiger partial charge is 0.341 e. The van der Waals surface area contributed by atoms with E-state index >= 15 is 0 Å². The number of nitrogens with zero attached hydrogens (tertiary/aromatic N) is 2. The van der Waals surface area contributed by atoms with Gasteiger partial charge in [0.15, 0.2) is 0 Å². The molecular weight excluding hydrogens is 258 g/mol. The lowest BCUT2D eigenvalue weighted by Gasteiger charge is -2.18. The molecule has 0 fully saturated rings. The Morgan fingerprint density at radius 1 is 1.50 bits per heavy atom. The Labute approximate surface area is 119 Å². The first-order chi connectivity index (χ1) is 9.47. The summed E-state index contributed by atoms with van der Waals surface area (Å²) in [7, 11) is 0. The summed E-state index contributed by atoms with van der Waals surface area (Å²) >= 11 is 0. The highest BCUT2D eigenvalue weighted by Gasteiger charge is 2.15. The van der Waals surface area contributed by atoms with Crippen molar-refractivity contribution in [3.05, 3.63) is 17.5 Å². The third kappa shape index (κ3) is 4.77. The first-order valence-electron chi connectivity index (χ1n) is 6.86. The molecule has 6 nitrogen and oxygen atoms in total. The molecule has 1 heterocycles. The van der Waals surface area contributed by atoms with Crippen LogP contribution in [-0.2, 0) is 4.74 Å². The van der Waals surface area contributed by atoms with Crippen LogP contribution in [0.3, 0.4) is 0 Å². The summed E-state index contributed by atoms with van der Waals surface area (Å²) in [6.07, 6.45) is 2.27. The number of anilines is 1. The van der Waals surface area contributed by atoms with Gasteiger partial charge in [0.1, 0.15) is 0 Å². The van der Waals surface area contributed by atoms with Gasteiger partial charge < -0.3 is 15.2 Å². The van der Waals surface area contributed by atoms with Gasteiger partial charge in [-0.2, -0.15) is 0 Å². The third-order valence-corrected chi connectivity index (χ3v) is 2.78. The second kappa shape index (κ2) is 7.79. The molecule has 1 unspecified atom stereocenters. The Kier molecular flexibility index (Phi) is 6.38. The van der Waals surface area contributed by atoms with E-state index < -0.39 is 5.97 Å². The summed E-state index contributed by atoms with van der Waals surface area (Å²) in [6.45, 7) is 7.98. The van der Waals surface area contributed by atoms with E-state index in [1.807, 2.05) is 0 Å². The summed E-state index contributed by atoms with van der Waals surface area (Å²) in [4.78, 5) is 20.0. The predicted molar refractivity (Wildman–Crippen MR) is 76.7 cm³/mol. The number of hydrogen-bond donors (Lipinski definition) is 2. The summed E-state index contributed by atoms with van der Waals surface area (Å²) in [5, 5.41) is 12.4. The Balaban J connectivity index is 2.78. The number of esters is 1. The average molecular weight is 281 g/mol. The fourth-order valence-corrected chi connectivity index (χ4v) is 1.88. The molecule has 112 valence electrons. The normalized spacial score (nSPS) is 12.3. The first-order valence-corrected chi connectivity index (χ1v) is 6.86. The molecule has 0 saturated carbocycles. The maximum absolute atomic E-state index is 11.6. The summed E-state index contributed by atoms with van der Waals surface area (Å²) in [6, 6.07) is -0.0946. The van der Waals surface area contributed by atoms with Crippen molar-refractivity contribution in [2.24, 2.45) is 5.92 Å². The SMILES string of the molecule is CCOC(=O)c1cnc(NC(CO)CC(C)C)nc1C. The number of aliphatic hydroxyl groups excluding tert-OH is 1. The van der Waals surface area contributed by atoms with Gasteiger partial charge in [-0.05, 0) is 26.2 Å². The van der Waals surface area contributed by atoms with E-state index in [-0.39, 0.29) is 12.6 Å². The molecule has 0 saturated heterocycles. The third-order valence-electron chi connectivity index (χ3n) is 2.78. The topological polar surface area (TPSA) is 84.3 Å². The van der Waals surface area contributed by atoms with Crippen LogP contribution in [0.2, 0.25) is 0 Å². The average Bonchev–Trinajstić information content (AvgIpc) is 2.37. The number of aryl methyl sites for hydroxylation is 1. The Morgan fingerprint density at radius 2 is 2.20 bits per heavy atom. The molecule has 1 aromatic heterocycles. The summed E-state index contributed by atoms with van der Waals surface area (Å²) < 4.78 is 4.92. The fraction of sp³-hybridized carbons (Fsp3) is 0.643. The molecule has 1 rings (SSSR count). The first kappa shape index (κ1) is 16.4. The molecule has 0 bridgehead atoms. The molecule has 0 aliphatic heterocycles. The second-order valence-electron chi connectivity index (χ2n) is 5.07. The maximum Gasteiger partial charge on any atom is 0.341 e. The van der Waals surface area contributed by atoms with Gasteiger partial charge in [0.25, 0.3) is 0 Å². The number of aromatic nitrogens is 2. The molecule has 0 amide bonds. The van der Waals surface area contributed by atoms with Crippen LogP contribution >= 0.6 is 0 Å². The Morgan fingerprint density at radius 3 is 2.70 bits per heavy atom. The van der Waals surface area contributed by atoms with Crippen molar-refractivity contribution in [1.82, 2.24) is 9.97 Å². The summed E-state index contributed by atoms with van der Waals surface area (Å²) in [5.74, 6) is 0.451. The van der Waals surface area contributed by atoms with Gasteiger partial charge in [0.05, 0.1) is 30.5 Å². The zero-order valence-electron chi connectivity index (χ0n) is 12.5. The number of ether oxygens (including phenoxy) is 1. The minimum atomic E-state index is -0.419. The Bertz CT molecular complexity index is 449. The molecule has 2 N–H and O–H groups in total. The van der Waals surface area contributed by atoms with Crippen molar-refractivity contribution in [2.45, 2.75) is 40.2 Å². The lowest BCUT2D eigenvalue weighted by molar-refractivity contribution is 0.0524. The maximum atomic E-state index is 11.6. The lowest BCUT2D eigenvalue weighted by atomic mass is 10.0. The van der Waals surface area contributed by atoms with Crippen LogP contribution in [0.5, 0.6) is 0 Å². The monoisotopic (exact) mass is 281 g/mol. The van der Waals surface area contributed by atoms with Gasteiger partial charge in [-0.1, -0.05) is 13.8 Å². The van der Waals surface area contributed by atoms with Crippen LogP contribution in [-0.4, -0.2) is 40.3 Å². The molecular formula is C14H23N3O3. The highest BCUT2D eigenvalue weighted by Crippen LogP contribution is 2.12. The Hall–Kier alpha value is -1.69. The van der Waals surface area contributed by atoms with E-state index in [1.54, 1.807) is 13.8 Å². The largest absolute Gasteiger partial charge is 0.462 e. The summed E-state index contributed by atoms with van der Waals surface area (Å²) in [5.41, 5.74) is 0.920. The van der Waals surface area contributed by atoms with Crippen molar-refractivity contribution in [3.8, 4) is 0 Å². The highest BCUT2D eigenvalue weighted by atomic mass is 16.5. The van der Waals surface area contributed by atoms with E-state index in [1.165, 1.54) is 6.20 Å². The lowest BCUT2D eigenvalue weighted by Crippen LogP contribution is -2.27. The molecule has 1 atom stereocenters. The van der Waals surface area contributed by atoms with Crippen LogP contribution in [0, 0.1) is 12.8 Å². The second-order valence-corrected chi connectivity index (χ2v) is 5.07. The zero-order chi connectivity index (χ0) is 15.1. The van der Waals surface area contributed by atoms with Crippen LogP contribution in [0.1, 0.15) is 43.2 Å². The highest BCUT2D eigenvalue weighted by molar-refractivity contribution is 5.90. The van der Waals surface area contributed by atoms with E-state index in [9.17, 15) is 9.90 Å². The van der Waals surface area contributed by atoms with Gasteiger partial charge in [-0.3, -0.25) is 0 Å². The number of rotatable bonds is 7. The standard InChI is InChI=1S/C14H23N3O3/c1-5-20-13(19)12-7-15-14(16-10(12)4)17-11(8-18)6-9(2)3/h7,9,11,18H,5-6,8H2,1-4H3,(H,15,16,17). The van der Waals surface area contributed by atoms with Crippen molar-refractivity contribution in [2.75, 3.05) is 18.5 Å². The number of aliphatic hydroxyl groups is 1. The number of carbonyl (C=O) groups excluding carboxylic acids is 1. The van der Waals surface area contributed by atoms with E-state index in [0.29, 0.717) is 29.7 Å². The van der Waals surface area contributed by atoms with Crippen LogP contribution in [0.25, 0.3) is 0 Å². The van der Waals surface area contributed by atoms with Crippen molar-refractivity contribution >= 4 is 11.9 Å². The van der Waals surface area contributed by atoms with Gasteiger partial charge >= 0.3 is 5.97 Å². The quantitative estimate of drug-likeness (QED) is 0.741. The molecule has 0 radical (unpaired) electrons. The van der Waals surface area contributed by atoms with E-state index in [0.717, 1.165) is 6.42 Å². The van der Waals surface area contributed by atoms with Crippen LogP contribution in [0.4, 0.5) is 5.95 Å². The van der Waals surface area contributed by atoms with Crippen molar-refractivity contribution in [3.63, 3.8) is 0 Å². The van der Waals surface area contributed by atoms with Crippen LogP contribution in [0.15, 0.2) is 6.20 Å². The molecule has 0 spiro atoms.